The van der Waals surface area contributed by atoms with Gasteiger partial charge in [-0.2, -0.15) is 0 Å². The Labute approximate surface area is 174 Å². The number of nitrogens with zero attached hydrogens (tertiary/aromatic N) is 1. The fourth-order valence-electron chi connectivity index (χ4n) is 5.98. The number of ether oxygens (including phenoxy) is 1. The lowest BCUT2D eigenvalue weighted by molar-refractivity contribution is -0.177. The molecule has 1 aromatic heterocycles. The summed E-state index contributed by atoms with van der Waals surface area (Å²) in [4.78, 5) is 30.1. The third-order valence-electron chi connectivity index (χ3n) is 6.93. The summed E-state index contributed by atoms with van der Waals surface area (Å²) >= 11 is 1.37. The predicted octanol–water partition coefficient (Wildman–Crippen LogP) is 4.90. The van der Waals surface area contributed by atoms with Crippen molar-refractivity contribution in [2.45, 2.75) is 51.6 Å². The van der Waals surface area contributed by atoms with Gasteiger partial charge in [0, 0.05) is 10.9 Å². The van der Waals surface area contributed by atoms with Gasteiger partial charge in [0.25, 0.3) is 5.91 Å². The minimum atomic E-state index is -0.820. The van der Waals surface area contributed by atoms with Gasteiger partial charge in [-0.05, 0) is 63.2 Å². The first kappa shape index (κ1) is 18.8. The minimum absolute atomic E-state index is 0.164. The van der Waals surface area contributed by atoms with Crippen molar-refractivity contribution in [2.75, 3.05) is 5.32 Å². The minimum Gasteiger partial charge on any atom is -0.452 e. The average Bonchev–Trinajstić information content (AvgIpc) is 3.16. The molecular formula is C23H26N2O3S. The van der Waals surface area contributed by atoms with Crippen LogP contribution in [0.3, 0.4) is 0 Å². The summed E-state index contributed by atoms with van der Waals surface area (Å²) in [6.07, 6.45) is 5.83. The van der Waals surface area contributed by atoms with Gasteiger partial charge in [-0.3, -0.25) is 14.9 Å². The van der Waals surface area contributed by atoms with Crippen LogP contribution in [-0.4, -0.2) is 23.0 Å². The third-order valence-corrected chi connectivity index (χ3v) is 7.69. The molecule has 4 saturated carbocycles. The highest BCUT2D eigenvalue weighted by molar-refractivity contribution is 7.14. The summed E-state index contributed by atoms with van der Waals surface area (Å²) in [7, 11) is 0. The van der Waals surface area contributed by atoms with Gasteiger partial charge in [-0.25, -0.2) is 4.98 Å². The Balaban J connectivity index is 1.21. The van der Waals surface area contributed by atoms with E-state index in [1.54, 1.807) is 6.92 Å². The van der Waals surface area contributed by atoms with Crippen LogP contribution in [-0.2, 0) is 14.3 Å². The molecule has 1 aromatic carbocycles. The standard InChI is InChI=1S/C23H26N2O3S/c1-14(20(26)25-22-24-19(13-29-22)18-5-3-2-4-6-18)28-21(27)23-10-15-7-16(11-23)9-17(8-15)12-23/h2-6,13-17H,7-12H2,1H3,(H,24,25,26). The SMILES string of the molecule is CC(OC(=O)C12CC3CC(CC(C3)C1)C2)C(=O)Nc1nc(-c2ccccc2)cs1. The number of thiazole rings is 1. The molecule has 1 atom stereocenters. The van der Waals surface area contributed by atoms with E-state index < -0.39 is 6.10 Å². The molecule has 1 N–H and O–H groups in total. The molecule has 4 bridgehead atoms. The van der Waals surface area contributed by atoms with Crippen molar-refractivity contribution < 1.29 is 14.3 Å². The average molecular weight is 411 g/mol. The molecule has 1 heterocycles. The van der Waals surface area contributed by atoms with Crippen molar-refractivity contribution in [3.8, 4) is 11.3 Å². The number of hydrogen-bond donors (Lipinski definition) is 1. The molecule has 0 radical (unpaired) electrons. The Morgan fingerprint density at radius 1 is 1.10 bits per heavy atom. The molecule has 0 saturated heterocycles. The van der Waals surface area contributed by atoms with Crippen LogP contribution in [0, 0.1) is 23.2 Å². The van der Waals surface area contributed by atoms with Gasteiger partial charge in [0.2, 0.25) is 0 Å². The van der Waals surface area contributed by atoms with E-state index in [1.165, 1.54) is 30.6 Å². The highest BCUT2D eigenvalue weighted by atomic mass is 32.1. The summed E-state index contributed by atoms with van der Waals surface area (Å²) in [5.41, 5.74) is 1.49. The summed E-state index contributed by atoms with van der Waals surface area (Å²) in [6.45, 7) is 1.65. The maximum absolute atomic E-state index is 13.0. The van der Waals surface area contributed by atoms with E-state index >= 15 is 0 Å². The molecule has 2 aromatic rings. The van der Waals surface area contributed by atoms with Crippen LogP contribution in [0.4, 0.5) is 5.13 Å². The van der Waals surface area contributed by atoms with Crippen molar-refractivity contribution in [1.82, 2.24) is 4.98 Å². The Bertz CT molecular complexity index is 888. The highest BCUT2D eigenvalue weighted by Gasteiger charge is 2.55. The predicted molar refractivity (Wildman–Crippen MR) is 112 cm³/mol. The third kappa shape index (κ3) is 3.59. The number of amides is 1. The number of nitrogens with one attached hydrogen (secondary N) is 1. The zero-order valence-corrected chi connectivity index (χ0v) is 17.4. The molecule has 0 spiro atoms. The second-order valence-corrected chi connectivity index (χ2v) is 10.00. The van der Waals surface area contributed by atoms with Crippen molar-refractivity contribution in [1.29, 1.82) is 0 Å². The van der Waals surface area contributed by atoms with Gasteiger partial charge in [0.05, 0.1) is 11.1 Å². The van der Waals surface area contributed by atoms with Gasteiger partial charge in [0.15, 0.2) is 11.2 Å². The second-order valence-electron chi connectivity index (χ2n) is 9.14. The largest absolute Gasteiger partial charge is 0.452 e. The number of carbonyl (C=O) groups is 2. The monoisotopic (exact) mass is 410 g/mol. The Morgan fingerprint density at radius 2 is 1.72 bits per heavy atom. The van der Waals surface area contributed by atoms with E-state index in [9.17, 15) is 9.59 Å². The summed E-state index contributed by atoms with van der Waals surface area (Å²) < 4.78 is 5.69. The molecule has 0 aliphatic heterocycles. The molecular weight excluding hydrogens is 384 g/mol. The highest BCUT2D eigenvalue weighted by Crippen LogP contribution is 2.60. The van der Waals surface area contributed by atoms with Crippen LogP contribution >= 0.6 is 11.3 Å². The quantitative estimate of drug-likeness (QED) is 0.712. The Kier molecular flexibility index (Phi) is 4.69. The molecule has 5 nitrogen and oxygen atoms in total. The Hall–Kier alpha value is -2.21. The van der Waals surface area contributed by atoms with Crippen LogP contribution in [0.5, 0.6) is 0 Å². The molecule has 4 aliphatic rings. The molecule has 4 aliphatic carbocycles. The lowest BCUT2D eigenvalue weighted by Gasteiger charge is -2.55. The zero-order chi connectivity index (χ0) is 20.0. The van der Waals surface area contributed by atoms with Gasteiger partial charge < -0.3 is 4.74 Å². The fraction of sp³-hybridized carbons (Fsp3) is 0.522. The van der Waals surface area contributed by atoms with Gasteiger partial charge in [-0.15, -0.1) is 11.3 Å². The van der Waals surface area contributed by atoms with Crippen LogP contribution in [0.25, 0.3) is 11.3 Å². The topological polar surface area (TPSA) is 68.3 Å². The van der Waals surface area contributed by atoms with Crippen LogP contribution < -0.4 is 5.32 Å². The number of hydrogen-bond acceptors (Lipinski definition) is 5. The molecule has 4 fully saturated rings. The van der Waals surface area contributed by atoms with Crippen molar-refractivity contribution in [3.05, 3.63) is 35.7 Å². The number of rotatable bonds is 5. The fourth-order valence-corrected chi connectivity index (χ4v) is 6.70. The van der Waals surface area contributed by atoms with Crippen molar-refractivity contribution in [3.63, 3.8) is 0 Å². The molecule has 1 unspecified atom stereocenters. The number of esters is 1. The maximum atomic E-state index is 13.0. The van der Waals surface area contributed by atoms with E-state index in [0.717, 1.165) is 30.5 Å². The van der Waals surface area contributed by atoms with E-state index in [2.05, 4.69) is 10.3 Å². The van der Waals surface area contributed by atoms with Crippen molar-refractivity contribution >= 4 is 28.3 Å². The smallest absolute Gasteiger partial charge is 0.312 e. The van der Waals surface area contributed by atoms with Gasteiger partial charge in [0.1, 0.15) is 0 Å². The van der Waals surface area contributed by atoms with E-state index in [0.29, 0.717) is 22.9 Å². The first-order valence-corrected chi connectivity index (χ1v) is 11.4. The normalized spacial score (nSPS) is 30.7. The first-order chi connectivity index (χ1) is 14.0. The maximum Gasteiger partial charge on any atom is 0.312 e. The van der Waals surface area contributed by atoms with E-state index in [1.807, 2.05) is 35.7 Å². The Morgan fingerprint density at radius 3 is 2.34 bits per heavy atom. The number of benzene rings is 1. The lowest BCUT2D eigenvalue weighted by atomic mass is 9.49. The van der Waals surface area contributed by atoms with E-state index in [4.69, 9.17) is 4.74 Å². The number of aromatic nitrogens is 1. The summed E-state index contributed by atoms with van der Waals surface area (Å²) in [5.74, 6) is 1.53. The van der Waals surface area contributed by atoms with Crippen LogP contribution in [0.2, 0.25) is 0 Å². The van der Waals surface area contributed by atoms with E-state index in [-0.39, 0.29) is 17.3 Å². The number of anilines is 1. The van der Waals surface area contributed by atoms with Crippen LogP contribution in [0.15, 0.2) is 35.7 Å². The molecule has 1 amide bonds. The van der Waals surface area contributed by atoms with Crippen molar-refractivity contribution in [2.24, 2.45) is 23.2 Å². The molecule has 6 heteroatoms. The zero-order valence-electron chi connectivity index (χ0n) is 16.6. The first-order valence-electron chi connectivity index (χ1n) is 10.5. The second kappa shape index (κ2) is 7.24. The number of carbonyl (C=O) groups excluding carboxylic acids is 2. The summed E-state index contributed by atoms with van der Waals surface area (Å²) in [5, 5.41) is 5.24. The molecule has 152 valence electrons. The van der Waals surface area contributed by atoms with Gasteiger partial charge in [-0.1, -0.05) is 30.3 Å². The lowest BCUT2D eigenvalue weighted by Crippen LogP contribution is -2.51. The molecule has 29 heavy (non-hydrogen) atoms. The summed E-state index contributed by atoms with van der Waals surface area (Å²) in [6, 6.07) is 9.84. The molecule has 6 rings (SSSR count). The van der Waals surface area contributed by atoms with Gasteiger partial charge >= 0.3 is 5.97 Å². The van der Waals surface area contributed by atoms with Crippen LogP contribution in [0.1, 0.15) is 45.4 Å².